The zero-order chi connectivity index (χ0) is 16.5. The minimum Gasteiger partial charge on any atom is -0.497 e. The Morgan fingerprint density at radius 2 is 1.91 bits per heavy atom. The summed E-state index contributed by atoms with van der Waals surface area (Å²) < 4.78 is 10.0. The van der Waals surface area contributed by atoms with Gasteiger partial charge in [0.25, 0.3) is 0 Å². The van der Waals surface area contributed by atoms with Crippen molar-refractivity contribution in [2.24, 2.45) is 0 Å². The molecule has 6 heteroatoms. The van der Waals surface area contributed by atoms with Gasteiger partial charge in [0, 0.05) is 13.7 Å². The Kier molecular flexibility index (Phi) is 6.38. The number of carbonyl (C=O) groups is 1. The number of nitrogens with zero attached hydrogens (tertiary/aromatic N) is 1. The van der Waals surface area contributed by atoms with Crippen LogP contribution in [0.2, 0.25) is 0 Å². The van der Waals surface area contributed by atoms with Crippen molar-refractivity contribution in [2.75, 3.05) is 38.0 Å². The van der Waals surface area contributed by atoms with E-state index in [9.17, 15) is 4.79 Å². The number of methoxy groups -OCH3 is 2. The zero-order valence-electron chi connectivity index (χ0n) is 13.3. The summed E-state index contributed by atoms with van der Waals surface area (Å²) in [7, 11) is 3.26. The van der Waals surface area contributed by atoms with Crippen LogP contribution in [0.1, 0.15) is 5.56 Å². The Bertz CT molecular complexity index is 612. The van der Waals surface area contributed by atoms with Crippen LogP contribution in [-0.4, -0.2) is 38.3 Å². The molecule has 0 radical (unpaired) electrons. The molecule has 23 heavy (non-hydrogen) atoms. The number of hydrogen-bond acceptors (Lipinski definition) is 5. The third kappa shape index (κ3) is 5.60. The van der Waals surface area contributed by atoms with Gasteiger partial charge in [-0.05, 0) is 29.8 Å². The third-order valence-electron chi connectivity index (χ3n) is 3.18. The van der Waals surface area contributed by atoms with Crippen molar-refractivity contribution < 1.29 is 14.3 Å². The summed E-state index contributed by atoms with van der Waals surface area (Å²) in [6.07, 6.45) is 1.93. The van der Waals surface area contributed by atoms with Gasteiger partial charge in [-0.2, -0.15) is 0 Å². The lowest BCUT2D eigenvalue weighted by molar-refractivity contribution is -0.115. The molecular formula is C17H21N3O3. The van der Waals surface area contributed by atoms with Crippen molar-refractivity contribution in [2.45, 2.75) is 6.42 Å². The molecule has 1 amide bonds. The summed E-state index contributed by atoms with van der Waals surface area (Å²) in [6, 6.07) is 11.1. The van der Waals surface area contributed by atoms with E-state index in [1.807, 2.05) is 36.4 Å². The molecule has 6 nitrogen and oxygen atoms in total. The van der Waals surface area contributed by atoms with Gasteiger partial charge in [0.05, 0.1) is 32.0 Å². The Labute approximate surface area is 135 Å². The first-order valence-corrected chi connectivity index (χ1v) is 7.33. The maximum atomic E-state index is 12.0. The molecule has 2 aromatic rings. The normalized spacial score (nSPS) is 10.2. The van der Waals surface area contributed by atoms with Crippen molar-refractivity contribution in [3.63, 3.8) is 0 Å². The van der Waals surface area contributed by atoms with Crippen molar-refractivity contribution in [3.8, 4) is 5.75 Å². The van der Waals surface area contributed by atoms with Crippen LogP contribution in [-0.2, 0) is 16.0 Å². The minimum atomic E-state index is -0.0861. The SMILES string of the molecule is COCCNc1ccc(NC(=O)Cc2ccc(OC)cc2)cn1. The van der Waals surface area contributed by atoms with Crippen LogP contribution in [0.4, 0.5) is 11.5 Å². The van der Waals surface area contributed by atoms with Gasteiger partial charge in [0.2, 0.25) is 5.91 Å². The van der Waals surface area contributed by atoms with E-state index in [0.29, 0.717) is 25.3 Å². The molecule has 2 rings (SSSR count). The van der Waals surface area contributed by atoms with Gasteiger partial charge in [-0.1, -0.05) is 12.1 Å². The van der Waals surface area contributed by atoms with E-state index in [0.717, 1.165) is 17.1 Å². The minimum absolute atomic E-state index is 0.0861. The molecule has 0 aliphatic carbocycles. The molecule has 0 unspecified atom stereocenters. The van der Waals surface area contributed by atoms with Gasteiger partial charge in [0.15, 0.2) is 0 Å². The lowest BCUT2D eigenvalue weighted by Gasteiger charge is -2.08. The summed E-state index contributed by atoms with van der Waals surface area (Å²) in [6.45, 7) is 1.30. The number of carbonyl (C=O) groups excluding carboxylic acids is 1. The smallest absolute Gasteiger partial charge is 0.228 e. The molecule has 0 atom stereocenters. The molecule has 0 saturated heterocycles. The van der Waals surface area contributed by atoms with Gasteiger partial charge in [-0.15, -0.1) is 0 Å². The molecule has 0 saturated carbocycles. The summed E-state index contributed by atoms with van der Waals surface area (Å²) in [4.78, 5) is 16.3. The topological polar surface area (TPSA) is 72.5 Å². The average Bonchev–Trinajstić information content (AvgIpc) is 2.57. The highest BCUT2D eigenvalue weighted by atomic mass is 16.5. The van der Waals surface area contributed by atoms with Crippen molar-refractivity contribution in [1.82, 2.24) is 4.98 Å². The van der Waals surface area contributed by atoms with Crippen LogP contribution >= 0.6 is 0 Å². The predicted octanol–water partition coefficient (Wildman–Crippen LogP) is 2.33. The van der Waals surface area contributed by atoms with Gasteiger partial charge in [-0.3, -0.25) is 4.79 Å². The first-order valence-electron chi connectivity index (χ1n) is 7.33. The number of hydrogen-bond donors (Lipinski definition) is 2. The molecule has 122 valence electrons. The highest BCUT2D eigenvalue weighted by molar-refractivity contribution is 5.92. The number of benzene rings is 1. The highest BCUT2D eigenvalue weighted by Gasteiger charge is 2.05. The molecule has 2 N–H and O–H groups in total. The number of ether oxygens (including phenoxy) is 2. The number of pyridine rings is 1. The van der Waals surface area contributed by atoms with Crippen LogP contribution in [0.3, 0.4) is 0 Å². The second kappa shape index (κ2) is 8.75. The first kappa shape index (κ1) is 16.8. The van der Waals surface area contributed by atoms with E-state index >= 15 is 0 Å². The van der Waals surface area contributed by atoms with E-state index in [1.54, 1.807) is 20.4 Å². The maximum Gasteiger partial charge on any atom is 0.228 e. The molecule has 0 bridgehead atoms. The summed E-state index contributed by atoms with van der Waals surface area (Å²) >= 11 is 0. The number of amides is 1. The molecule has 0 fully saturated rings. The average molecular weight is 315 g/mol. The summed E-state index contributed by atoms with van der Waals surface area (Å²) in [5, 5.41) is 5.94. The van der Waals surface area contributed by atoms with Gasteiger partial charge in [0.1, 0.15) is 11.6 Å². The van der Waals surface area contributed by atoms with Crippen molar-refractivity contribution in [1.29, 1.82) is 0 Å². The first-order chi connectivity index (χ1) is 11.2. The second-order valence-electron chi connectivity index (χ2n) is 4.92. The van der Waals surface area contributed by atoms with Crippen LogP contribution in [0.5, 0.6) is 5.75 Å². The number of nitrogens with one attached hydrogen (secondary N) is 2. The highest BCUT2D eigenvalue weighted by Crippen LogP contribution is 2.13. The monoisotopic (exact) mass is 315 g/mol. The van der Waals surface area contributed by atoms with E-state index in [1.165, 1.54) is 0 Å². The molecule has 1 aromatic carbocycles. The van der Waals surface area contributed by atoms with Gasteiger partial charge >= 0.3 is 0 Å². The number of aromatic nitrogens is 1. The Balaban J connectivity index is 1.84. The summed E-state index contributed by atoms with van der Waals surface area (Å²) in [5.74, 6) is 1.43. The Morgan fingerprint density at radius 3 is 2.52 bits per heavy atom. The summed E-state index contributed by atoms with van der Waals surface area (Å²) in [5.41, 5.74) is 1.59. The zero-order valence-corrected chi connectivity index (χ0v) is 13.3. The van der Waals surface area contributed by atoms with Gasteiger partial charge in [-0.25, -0.2) is 4.98 Å². The van der Waals surface area contributed by atoms with Crippen molar-refractivity contribution in [3.05, 3.63) is 48.2 Å². The molecular weight excluding hydrogens is 294 g/mol. The fourth-order valence-corrected chi connectivity index (χ4v) is 1.99. The Morgan fingerprint density at radius 1 is 1.13 bits per heavy atom. The molecule has 0 aliphatic heterocycles. The maximum absolute atomic E-state index is 12.0. The van der Waals surface area contributed by atoms with E-state index < -0.39 is 0 Å². The predicted molar refractivity (Wildman–Crippen MR) is 89.9 cm³/mol. The largest absolute Gasteiger partial charge is 0.497 e. The van der Waals surface area contributed by atoms with E-state index in [4.69, 9.17) is 9.47 Å². The number of rotatable bonds is 8. The molecule has 1 aromatic heterocycles. The lowest BCUT2D eigenvalue weighted by atomic mass is 10.1. The standard InChI is InChI=1S/C17H21N3O3/c1-22-10-9-18-16-8-5-14(12-19-16)20-17(21)11-13-3-6-15(23-2)7-4-13/h3-8,12H,9-11H2,1-2H3,(H,18,19)(H,20,21). The lowest BCUT2D eigenvalue weighted by Crippen LogP contribution is -2.15. The fourth-order valence-electron chi connectivity index (χ4n) is 1.99. The quantitative estimate of drug-likeness (QED) is 0.732. The van der Waals surface area contributed by atoms with Crippen LogP contribution in [0.25, 0.3) is 0 Å². The molecule has 1 heterocycles. The van der Waals surface area contributed by atoms with Crippen LogP contribution in [0.15, 0.2) is 42.6 Å². The second-order valence-corrected chi connectivity index (χ2v) is 4.92. The fraction of sp³-hybridized carbons (Fsp3) is 0.294. The van der Waals surface area contributed by atoms with Crippen LogP contribution in [0, 0.1) is 0 Å². The van der Waals surface area contributed by atoms with E-state index in [-0.39, 0.29) is 5.91 Å². The van der Waals surface area contributed by atoms with Crippen LogP contribution < -0.4 is 15.4 Å². The molecule has 0 aliphatic rings. The van der Waals surface area contributed by atoms with Gasteiger partial charge < -0.3 is 20.1 Å². The Hall–Kier alpha value is -2.60. The third-order valence-corrected chi connectivity index (χ3v) is 3.18. The van der Waals surface area contributed by atoms with Crippen molar-refractivity contribution >= 4 is 17.4 Å². The molecule has 0 spiro atoms. The number of anilines is 2. The van der Waals surface area contributed by atoms with E-state index in [2.05, 4.69) is 15.6 Å².